The van der Waals surface area contributed by atoms with Crippen LogP contribution < -0.4 is 10.1 Å². The highest BCUT2D eigenvalue weighted by Gasteiger charge is 2.29. The summed E-state index contributed by atoms with van der Waals surface area (Å²) in [5, 5.41) is 3.54. The van der Waals surface area contributed by atoms with Crippen molar-refractivity contribution in [1.29, 1.82) is 0 Å². The molecule has 0 spiro atoms. The summed E-state index contributed by atoms with van der Waals surface area (Å²) in [6, 6.07) is 8.34. The van der Waals surface area contributed by atoms with Gasteiger partial charge in [-0.3, -0.25) is 4.79 Å². The highest BCUT2D eigenvalue weighted by molar-refractivity contribution is 5.77. The van der Waals surface area contributed by atoms with Crippen LogP contribution >= 0.6 is 0 Å². The maximum atomic E-state index is 12.2. The molecule has 1 saturated heterocycles. The molecule has 4 nitrogen and oxygen atoms in total. The molecule has 1 amide bonds. The number of hydrogen-bond donors (Lipinski definition) is 1. The molecule has 0 radical (unpaired) electrons. The number of anilines is 1. The van der Waals surface area contributed by atoms with Crippen molar-refractivity contribution >= 4 is 11.6 Å². The van der Waals surface area contributed by atoms with E-state index in [1.807, 2.05) is 29.2 Å². The number of piperidine rings is 1. The SMILES string of the molecule is COc1ccc(N[C@@H]2CCCN(C(=O)CC3CC3)C2)cc1. The molecule has 3 rings (SSSR count). The lowest BCUT2D eigenvalue weighted by Crippen LogP contribution is -2.45. The summed E-state index contributed by atoms with van der Waals surface area (Å²) in [7, 11) is 1.67. The fraction of sp³-hybridized carbons (Fsp3) is 0.588. The molecule has 21 heavy (non-hydrogen) atoms. The van der Waals surface area contributed by atoms with Crippen LogP contribution in [0.25, 0.3) is 0 Å². The first kappa shape index (κ1) is 14.2. The van der Waals surface area contributed by atoms with Crippen LogP contribution in [0.3, 0.4) is 0 Å². The number of carbonyl (C=O) groups excluding carboxylic acids is 1. The molecule has 2 aliphatic rings. The van der Waals surface area contributed by atoms with Gasteiger partial charge in [-0.25, -0.2) is 0 Å². The zero-order valence-corrected chi connectivity index (χ0v) is 12.7. The molecular weight excluding hydrogens is 264 g/mol. The number of rotatable bonds is 5. The normalized spacial score (nSPS) is 22.0. The van der Waals surface area contributed by atoms with E-state index >= 15 is 0 Å². The number of hydrogen-bond acceptors (Lipinski definition) is 3. The molecule has 0 unspecified atom stereocenters. The summed E-state index contributed by atoms with van der Waals surface area (Å²) in [4.78, 5) is 14.3. The quantitative estimate of drug-likeness (QED) is 0.906. The standard InChI is InChI=1S/C17H24N2O2/c1-21-16-8-6-14(7-9-16)18-15-3-2-10-19(12-15)17(20)11-13-4-5-13/h6-9,13,15,18H,2-5,10-12H2,1H3/t15-/m1/s1. The Kier molecular flexibility index (Phi) is 4.32. The second-order valence-electron chi connectivity index (χ2n) is 6.20. The van der Waals surface area contributed by atoms with Gasteiger partial charge >= 0.3 is 0 Å². The maximum absolute atomic E-state index is 12.2. The molecule has 0 bridgehead atoms. The molecule has 2 fully saturated rings. The first-order valence-corrected chi connectivity index (χ1v) is 7.93. The van der Waals surface area contributed by atoms with E-state index < -0.39 is 0 Å². The Labute approximate surface area is 126 Å². The van der Waals surface area contributed by atoms with E-state index in [0.717, 1.165) is 43.8 Å². The van der Waals surface area contributed by atoms with E-state index in [2.05, 4.69) is 5.32 Å². The van der Waals surface area contributed by atoms with Crippen LogP contribution in [0.5, 0.6) is 5.75 Å². The van der Waals surface area contributed by atoms with Gasteiger partial charge in [-0.05, 0) is 55.9 Å². The molecular formula is C17H24N2O2. The van der Waals surface area contributed by atoms with Crippen molar-refractivity contribution < 1.29 is 9.53 Å². The summed E-state index contributed by atoms with van der Waals surface area (Å²) in [6.45, 7) is 1.75. The largest absolute Gasteiger partial charge is 0.497 e. The molecule has 1 atom stereocenters. The van der Waals surface area contributed by atoms with Crippen molar-refractivity contribution in [2.24, 2.45) is 5.92 Å². The smallest absolute Gasteiger partial charge is 0.222 e. The third-order valence-electron chi connectivity index (χ3n) is 4.40. The number of nitrogens with one attached hydrogen (secondary N) is 1. The van der Waals surface area contributed by atoms with E-state index in [9.17, 15) is 4.79 Å². The summed E-state index contributed by atoms with van der Waals surface area (Å²) < 4.78 is 5.17. The summed E-state index contributed by atoms with van der Waals surface area (Å²) in [5.41, 5.74) is 1.09. The number of ether oxygens (including phenoxy) is 1. The summed E-state index contributed by atoms with van der Waals surface area (Å²) >= 11 is 0. The van der Waals surface area contributed by atoms with Crippen LogP contribution in [-0.4, -0.2) is 37.0 Å². The second kappa shape index (κ2) is 6.37. The topological polar surface area (TPSA) is 41.6 Å². The van der Waals surface area contributed by atoms with Crippen LogP contribution in [0.1, 0.15) is 32.1 Å². The van der Waals surface area contributed by atoms with Gasteiger partial charge in [0.15, 0.2) is 0 Å². The Morgan fingerprint density at radius 2 is 2.05 bits per heavy atom. The molecule has 114 valence electrons. The average Bonchev–Trinajstić information content (AvgIpc) is 3.32. The van der Waals surface area contributed by atoms with Gasteiger partial charge < -0.3 is 15.0 Å². The highest BCUT2D eigenvalue weighted by Crippen LogP contribution is 2.33. The van der Waals surface area contributed by atoms with Crippen molar-refractivity contribution in [3.8, 4) is 5.75 Å². The third kappa shape index (κ3) is 3.90. The highest BCUT2D eigenvalue weighted by atomic mass is 16.5. The van der Waals surface area contributed by atoms with Gasteiger partial charge in [0.1, 0.15) is 5.75 Å². The van der Waals surface area contributed by atoms with Crippen LogP contribution in [0.2, 0.25) is 0 Å². The molecule has 0 aromatic heterocycles. The molecule has 1 aromatic rings. The van der Waals surface area contributed by atoms with Crippen molar-refractivity contribution in [3.05, 3.63) is 24.3 Å². The van der Waals surface area contributed by atoms with Crippen molar-refractivity contribution in [2.75, 3.05) is 25.5 Å². The summed E-state index contributed by atoms with van der Waals surface area (Å²) in [6.07, 6.45) is 5.46. The van der Waals surface area contributed by atoms with Crippen LogP contribution in [0.15, 0.2) is 24.3 Å². The Hall–Kier alpha value is -1.71. The van der Waals surface area contributed by atoms with Gasteiger partial charge in [-0.2, -0.15) is 0 Å². The Morgan fingerprint density at radius 1 is 1.29 bits per heavy atom. The Morgan fingerprint density at radius 3 is 2.71 bits per heavy atom. The zero-order valence-electron chi connectivity index (χ0n) is 12.7. The van der Waals surface area contributed by atoms with Crippen LogP contribution in [0, 0.1) is 5.92 Å². The second-order valence-corrected chi connectivity index (χ2v) is 6.20. The van der Waals surface area contributed by atoms with E-state index in [-0.39, 0.29) is 0 Å². The first-order valence-electron chi connectivity index (χ1n) is 7.93. The lowest BCUT2D eigenvalue weighted by Gasteiger charge is -2.34. The van der Waals surface area contributed by atoms with Gasteiger partial charge in [-0.1, -0.05) is 0 Å². The lowest BCUT2D eigenvalue weighted by molar-refractivity contribution is -0.132. The van der Waals surface area contributed by atoms with Crippen molar-refractivity contribution in [3.63, 3.8) is 0 Å². The number of nitrogens with zero attached hydrogens (tertiary/aromatic N) is 1. The zero-order chi connectivity index (χ0) is 14.7. The summed E-state index contributed by atoms with van der Waals surface area (Å²) in [5.74, 6) is 1.89. The molecule has 1 aliphatic carbocycles. The van der Waals surface area contributed by atoms with E-state index in [0.29, 0.717) is 17.9 Å². The number of carbonyl (C=O) groups is 1. The fourth-order valence-electron chi connectivity index (χ4n) is 2.94. The van der Waals surface area contributed by atoms with Gasteiger partial charge in [0.25, 0.3) is 0 Å². The minimum absolute atomic E-state index is 0.346. The molecule has 1 saturated carbocycles. The molecule has 1 aromatic carbocycles. The molecule has 1 N–H and O–H groups in total. The van der Waals surface area contributed by atoms with Crippen LogP contribution in [0.4, 0.5) is 5.69 Å². The van der Waals surface area contributed by atoms with Crippen LogP contribution in [-0.2, 0) is 4.79 Å². The molecule has 1 aliphatic heterocycles. The lowest BCUT2D eigenvalue weighted by atomic mass is 10.0. The minimum Gasteiger partial charge on any atom is -0.497 e. The monoisotopic (exact) mass is 288 g/mol. The number of methoxy groups -OCH3 is 1. The minimum atomic E-state index is 0.346. The van der Waals surface area contributed by atoms with E-state index in [4.69, 9.17) is 4.74 Å². The van der Waals surface area contributed by atoms with Gasteiger partial charge in [-0.15, -0.1) is 0 Å². The fourth-order valence-corrected chi connectivity index (χ4v) is 2.94. The maximum Gasteiger partial charge on any atom is 0.222 e. The van der Waals surface area contributed by atoms with E-state index in [1.165, 1.54) is 12.8 Å². The average molecular weight is 288 g/mol. The third-order valence-corrected chi connectivity index (χ3v) is 4.40. The molecule has 1 heterocycles. The van der Waals surface area contributed by atoms with Gasteiger partial charge in [0.05, 0.1) is 7.11 Å². The first-order chi connectivity index (χ1) is 10.2. The van der Waals surface area contributed by atoms with Gasteiger partial charge in [0, 0.05) is 31.2 Å². The Balaban J connectivity index is 1.53. The predicted molar refractivity (Wildman–Crippen MR) is 83.6 cm³/mol. The van der Waals surface area contributed by atoms with Gasteiger partial charge in [0.2, 0.25) is 5.91 Å². The van der Waals surface area contributed by atoms with Crippen molar-refractivity contribution in [1.82, 2.24) is 4.90 Å². The molecule has 4 heteroatoms. The number of amides is 1. The van der Waals surface area contributed by atoms with E-state index in [1.54, 1.807) is 7.11 Å². The predicted octanol–water partition coefficient (Wildman–Crippen LogP) is 2.90. The Bertz CT molecular complexity index is 482. The number of benzene rings is 1. The van der Waals surface area contributed by atoms with Crippen molar-refractivity contribution in [2.45, 2.75) is 38.1 Å². The number of likely N-dealkylation sites (tertiary alicyclic amines) is 1.